The van der Waals surface area contributed by atoms with Crippen molar-refractivity contribution in [2.75, 3.05) is 44.4 Å². The summed E-state index contributed by atoms with van der Waals surface area (Å²) in [6, 6.07) is 18.6. The predicted octanol–water partition coefficient (Wildman–Crippen LogP) is 3.91. The Hall–Kier alpha value is -2.99. The maximum atomic E-state index is 13.0. The standard InChI is InChI=1S/C22H26FN5/c1-28(2)15-14-24-21-16-20(18-6-4-3-5-7-18)26-22(27-21)25-13-12-17-8-10-19(23)11-9-17/h3-11,16H,12-15H2,1-2H3,(H2,24,25,26,27). The van der Waals surface area contributed by atoms with Gasteiger partial charge in [0.15, 0.2) is 0 Å². The SMILES string of the molecule is CN(C)CCNc1cc(-c2ccccc2)nc(NCCc2ccc(F)cc2)n1. The Morgan fingerprint density at radius 3 is 2.36 bits per heavy atom. The van der Waals surface area contributed by atoms with Crippen LogP contribution < -0.4 is 10.6 Å². The Balaban J connectivity index is 1.71. The van der Waals surface area contributed by atoms with Gasteiger partial charge in [0.25, 0.3) is 0 Å². The van der Waals surface area contributed by atoms with Gasteiger partial charge < -0.3 is 15.5 Å². The Labute approximate surface area is 165 Å². The van der Waals surface area contributed by atoms with Crippen LogP contribution in [0.4, 0.5) is 16.2 Å². The maximum absolute atomic E-state index is 13.0. The van der Waals surface area contributed by atoms with Crippen molar-refractivity contribution in [1.82, 2.24) is 14.9 Å². The van der Waals surface area contributed by atoms with E-state index in [1.807, 2.05) is 50.5 Å². The summed E-state index contributed by atoms with van der Waals surface area (Å²) in [6.07, 6.45) is 0.766. The van der Waals surface area contributed by atoms with E-state index in [0.717, 1.165) is 42.1 Å². The molecule has 0 radical (unpaired) electrons. The summed E-state index contributed by atoms with van der Waals surface area (Å²) in [7, 11) is 4.08. The predicted molar refractivity (Wildman–Crippen MR) is 113 cm³/mol. The lowest BCUT2D eigenvalue weighted by molar-refractivity contribution is 0.425. The van der Waals surface area contributed by atoms with Crippen molar-refractivity contribution in [3.05, 3.63) is 72.0 Å². The largest absolute Gasteiger partial charge is 0.369 e. The second kappa shape index (κ2) is 9.80. The van der Waals surface area contributed by atoms with Crippen LogP contribution in [-0.2, 0) is 6.42 Å². The molecular formula is C22H26FN5. The molecule has 28 heavy (non-hydrogen) atoms. The Morgan fingerprint density at radius 2 is 1.64 bits per heavy atom. The van der Waals surface area contributed by atoms with Gasteiger partial charge in [-0.15, -0.1) is 0 Å². The second-order valence-electron chi connectivity index (χ2n) is 6.86. The summed E-state index contributed by atoms with van der Waals surface area (Å²) >= 11 is 0. The van der Waals surface area contributed by atoms with Gasteiger partial charge in [-0.05, 0) is 38.2 Å². The van der Waals surface area contributed by atoms with Gasteiger partial charge in [-0.3, -0.25) is 0 Å². The zero-order chi connectivity index (χ0) is 19.8. The van der Waals surface area contributed by atoms with E-state index in [1.165, 1.54) is 12.1 Å². The number of rotatable bonds is 9. The molecule has 1 aromatic heterocycles. The van der Waals surface area contributed by atoms with Gasteiger partial charge in [0.05, 0.1) is 5.69 Å². The molecule has 0 spiro atoms. The monoisotopic (exact) mass is 379 g/mol. The highest BCUT2D eigenvalue weighted by Gasteiger charge is 2.07. The number of nitrogens with one attached hydrogen (secondary N) is 2. The number of likely N-dealkylation sites (N-methyl/N-ethyl adjacent to an activating group) is 1. The van der Waals surface area contributed by atoms with Crippen molar-refractivity contribution >= 4 is 11.8 Å². The van der Waals surface area contributed by atoms with E-state index < -0.39 is 0 Å². The third-order valence-corrected chi connectivity index (χ3v) is 4.27. The molecule has 2 aromatic carbocycles. The number of aromatic nitrogens is 2. The van der Waals surface area contributed by atoms with Crippen molar-refractivity contribution in [2.24, 2.45) is 0 Å². The fourth-order valence-corrected chi connectivity index (χ4v) is 2.75. The lowest BCUT2D eigenvalue weighted by atomic mass is 10.1. The van der Waals surface area contributed by atoms with Crippen molar-refractivity contribution in [3.8, 4) is 11.3 Å². The highest BCUT2D eigenvalue weighted by atomic mass is 19.1. The minimum absolute atomic E-state index is 0.218. The van der Waals surface area contributed by atoms with Crippen LogP contribution in [0.2, 0.25) is 0 Å². The first-order valence-electron chi connectivity index (χ1n) is 9.41. The zero-order valence-corrected chi connectivity index (χ0v) is 16.3. The van der Waals surface area contributed by atoms with E-state index in [4.69, 9.17) is 0 Å². The number of halogens is 1. The Kier molecular flexibility index (Phi) is 6.92. The molecule has 1 heterocycles. The third kappa shape index (κ3) is 6.03. The number of anilines is 2. The second-order valence-corrected chi connectivity index (χ2v) is 6.86. The smallest absolute Gasteiger partial charge is 0.225 e. The minimum atomic E-state index is -0.218. The van der Waals surface area contributed by atoms with Crippen LogP contribution in [-0.4, -0.2) is 48.6 Å². The number of hydrogen-bond donors (Lipinski definition) is 2. The van der Waals surface area contributed by atoms with Gasteiger partial charge in [-0.2, -0.15) is 4.98 Å². The van der Waals surface area contributed by atoms with E-state index in [2.05, 4.69) is 25.5 Å². The number of nitrogens with zero attached hydrogens (tertiary/aromatic N) is 3. The molecule has 5 nitrogen and oxygen atoms in total. The Morgan fingerprint density at radius 1 is 0.893 bits per heavy atom. The maximum Gasteiger partial charge on any atom is 0.225 e. The van der Waals surface area contributed by atoms with Crippen LogP contribution in [0.3, 0.4) is 0 Å². The van der Waals surface area contributed by atoms with Gasteiger partial charge in [0, 0.05) is 31.3 Å². The van der Waals surface area contributed by atoms with Crippen LogP contribution in [0.1, 0.15) is 5.56 Å². The molecular weight excluding hydrogens is 353 g/mol. The normalized spacial score (nSPS) is 10.9. The highest BCUT2D eigenvalue weighted by molar-refractivity contribution is 5.64. The van der Waals surface area contributed by atoms with Crippen LogP contribution in [0.15, 0.2) is 60.7 Å². The summed E-state index contributed by atoms with van der Waals surface area (Å²) in [5.74, 6) is 1.15. The zero-order valence-electron chi connectivity index (χ0n) is 16.3. The molecule has 0 amide bonds. The van der Waals surface area contributed by atoms with Crippen molar-refractivity contribution in [3.63, 3.8) is 0 Å². The molecule has 2 N–H and O–H groups in total. The minimum Gasteiger partial charge on any atom is -0.369 e. The fourth-order valence-electron chi connectivity index (χ4n) is 2.75. The number of hydrogen-bond acceptors (Lipinski definition) is 5. The van der Waals surface area contributed by atoms with Gasteiger partial charge in [-0.1, -0.05) is 42.5 Å². The molecule has 3 aromatic rings. The summed E-state index contributed by atoms with van der Waals surface area (Å²) in [4.78, 5) is 11.4. The first-order chi connectivity index (χ1) is 13.6. The summed E-state index contributed by atoms with van der Waals surface area (Å²) in [5.41, 5.74) is 2.98. The summed E-state index contributed by atoms with van der Waals surface area (Å²) in [5, 5.41) is 6.66. The van der Waals surface area contributed by atoms with E-state index in [1.54, 1.807) is 12.1 Å². The molecule has 0 bridgehead atoms. The third-order valence-electron chi connectivity index (χ3n) is 4.27. The van der Waals surface area contributed by atoms with Crippen molar-refractivity contribution in [1.29, 1.82) is 0 Å². The van der Waals surface area contributed by atoms with E-state index in [-0.39, 0.29) is 5.82 Å². The topological polar surface area (TPSA) is 53.1 Å². The highest BCUT2D eigenvalue weighted by Crippen LogP contribution is 2.21. The average molecular weight is 379 g/mol. The fraction of sp³-hybridized carbons (Fsp3) is 0.273. The molecule has 0 unspecified atom stereocenters. The molecule has 0 aliphatic rings. The molecule has 0 fully saturated rings. The lowest BCUT2D eigenvalue weighted by Crippen LogP contribution is -2.21. The average Bonchev–Trinajstić information content (AvgIpc) is 2.70. The van der Waals surface area contributed by atoms with Crippen molar-refractivity contribution in [2.45, 2.75) is 6.42 Å². The summed E-state index contributed by atoms with van der Waals surface area (Å²) in [6.45, 7) is 2.38. The first kappa shape index (κ1) is 19.8. The van der Waals surface area contributed by atoms with Gasteiger partial charge in [-0.25, -0.2) is 9.37 Å². The quantitative estimate of drug-likeness (QED) is 0.590. The van der Waals surface area contributed by atoms with Gasteiger partial charge in [0.1, 0.15) is 11.6 Å². The molecule has 6 heteroatoms. The first-order valence-corrected chi connectivity index (χ1v) is 9.41. The van der Waals surface area contributed by atoms with Crippen LogP contribution in [0, 0.1) is 5.82 Å². The molecule has 0 aliphatic heterocycles. The van der Waals surface area contributed by atoms with E-state index >= 15 is 0 Å². The van der Waals surface area contributed by atoms with Crippen LogP contribution >= 0.6 is 0 Å². The molecule has 146 valence electrons. The molecule has 0 aliphatic carbocycles. The van der Waals surface area contributed by atoms with E-state index in [0.29, 0.717) is 12.5 Å². The molecule has 0 atom stereocenters. The van der Waals surface area contributed by atoms with Crippen LogP contribution in [0.25, 0.3) is 11.3 Å². The summed E-state index contributed by atoms with van der Waals surface area (Å²) < 4.78 is 13.0. The molecule has 0 saturated heterocycles. The Bertz CT molecular complexity index is 866. The van der Waals surface area contributed by atoms with Crippen molar-refractivity contribution < 1.29 is 4.39 Å². The van der Waals surface area contributed by atoms with Gasteiger partial charge in [0.2, 0.25) is 5.95 Å². The number of benzene rings is 2. The molecule has 0 saturated carbocycles. The van der Waals surface area contributed by atoms with Crippen LogP contribution in [0.5, 0.6) is 0 Å². The lowest BCUT2D eigenvalue weighted by Gasteiger charge is -2.13. The molecule has 3 rings (SSSR count). The van der Waals surface area contributed by atoms with Gasteiger partial charge >= 0.3 is 0 Å². The van der Waals surface area contributed by atoms with E-state index in [9.17, 15) is 4.39 Å².